The molecule has 0 aliphatic carbocycles. The van der Waals surface area contributed by atoms with E-state index in [4.69, 9.17) is 14.2 Å². The number of ketones is 1. The SMILES string of the molecule is COCOc1ccc(C(=O)C2CC3CCCC(C2)N3C(=O)OCc2ccccc2)c(F)c1. The van der Waals surface area contributed by atoms with Crippen LogP contribution in [0, 0.1) is 11.7 Å². The summed E-state index contributed by atoms with van der Waals surface area (Å²) < 4.78 is 30.2. The molecule has 2 saturated heterocycles. The minimum absolute atomic E-state index is 0.00885. The molecule has 2 atom stereocenters. The molecular weight excluding hydrogens is 413 g/mol. The fourth-order valence-corrected chi connectivity index (χ4v) is 4.82. The predicted molar refractivity (Wildman–Crippen MR) is 116 cm³/mol. The lowest BCUT2D eigenvalue weighted by Gasteiger charge is -2.47. The summed E-state index contributed by atoms with van der Waals surface area (Å²) in [5, 5.41) is 0. The van der Waals surface area contributed by atoms with E-state index < -0.39 is 5.82 Å². The van der Waals surface area contributed by atoms with Crippen molar-refractivity contribution < 1.29 is 28.2 Å². The Morgan fingerprint density at radius 1 is 1.06 bits per heavy atom. The molecule has 0 radical (unpaired) electrons. The van der Waals surface area contributed by atoms with Gasteiger partial charge in [-0.25, -0.2) is 9.18 Å². The number of nitrogens with zero attached hydrogens (tertiary/aromatic N) is 1. The number of Topliss-reactive ketones (excluding diaryl/α,β-unsaturated/α-hetero) is 1. The molecule has 1 amide bonds. The molecule has 2 aromatic carbocycles. The van der Waals surface area contributed by atoms with E-state index in [1.807, 2.05) is 35.2 Å². The van der Waals surface area contributed by atoms with Gasteiger partial charge in [0, 0.05) is 31.2 Å². The highest BCUT2D eigenvalue weighted by Crippen LogP contribution is 2.39. The van der Waals surface area contributed by atoms with Crippen LogP contribution >= 0.6 is 0 Å². The number of halogens is 1. The normalized spacial score (nSPS) is 22.3. The molecule has 2 aliphatic heterocycles. The van der Waals surface area contributed by atoms with Gasteiger partial charge in [0.2, 0.25) is 0 Å². The van der Waals surface area contributed by atoms with Crippen molar-refractivity contribution in [2.24, 2.45) is 5.92 Å². The maximum Gasteiger partial charge on any atom is 0.410 e. The molecular formula is C25H28FNO5. The second-order valence-electron chi connectivity index (χ2n) is 8.41. The number of hydrogen-bond donors (Lipinski definition) is 0. The Morgan fingerprint density at radius 3 is 2.44 bits per heavy atom. The second kappa shape index (κ2) is 10.1. The van der Waals surface area contributed by atoms with Gasteiger partial charge in [0.15, 0.2) is 12.6 Å². The van der Waals surface area contributed by atoms with Crippen molar-refractivity contribution in [3.8, 4) is 5.75 Å². The van der Waals surface area contributed by atoms with Crippen LogP contribution in [0.1, 0.15) is 48.0 Å². The predicted octanol–water partition coefficient (Wildman–Crippen LogP) is 4.96. The molecule has 6 nitrogen and oxygen atoms in total. The first-order valence-electron chi connectivity index (χ1n) is 11.0. The highest BCUT2D eigenvalue weighted by molar-refractivity contribution is 5.98. The smallest absolute Gasteiger partial charge is 0.410 e. The van der Waals surface area contributed by atoms with Crippen molar-refractivity contribution in [3.05, 3.63) is 65.5 Å². The summed E-state index contributed by atoms with van der Waals surface area (Å²) in [6.07, 6.45) is 3.38. The number of carbonyl (C=O) groups excluding carboxylic acids is 2. The van der Waals surface area contributed by atoms with Crippen molar-refractivity contribution in [2.75, 3.05) is 13.9 Å². The topological polar surface area (TPSA) is 65.1 Å². The number of fused-ring (bicyclic) bond motifs is 2. The largest absolute Gasteiger partial charge is 0.467 e. The number of ether oxygens (including phenoxy) is 3. The van der Waals surface area contributed by atoms with E-state index in [9.17, 15) is 14.0 Å². The molecule has 0 aromatic heterocycles. The lowest BCUT2D eigenvalue weighted by atomic mass is 9.76. The summed E-state index contributed by atoms with van der Waals surface area (Å²) in [6.45, 7) is 0.232. The fraction of sp³-hybridized carbons (Fsp3) is 0.440. The zero-order valence-corrected chi connectivity index (χ0v) is 18.2. The van der Waals surface area contributed by atoms with E-state index in [1.54, 1.807) is 6.07 Å². The molecule has 0 N–H and O–H groups in total. The second-order valence-corrected chi connectivity index (χ2v) is 8.41. The molecule has 2 unspecified atom stereocenters. The lowest BCUT2D eigenvalue weighted by molar-refractivity contribution is 0.00463. The van der Waals surface area contributed by atoms with E-state index in [0.29, 0.717) is 18.6 Å². The molecule has 32 heavy (non-hydrogen) atoms. The number of amides is 1. The van der Waals surface area contributed by atoms with E-state index >= 15 is 0 Å². The van der Waals surface area contributed by atoms with Crippen LogP contribution in [0.5, 0.6) is 5.75 Å². The van der Waals surface area contributed by atoms with E-state index in [1.165, 1.54) is 19.2 Å². The van der Waals surface area contributed by atoms with Crippen LogP contribution in [0.3, 0.4) is 0 Å². The van der Waals surface area contributed by atoms with Crippen LogP contribution in [-0.2, 0) is 16.1 Å². The van der Waals surface area contributed by atoms with E-state index in [-0.39, 0.29) is 48.8 Å². The number of hydrogen-bond acceptors (Lipinski definition) is 5. The highest BCUT2D eigenvalue weighted by Gasteiger charge is 2.44. The van der Waals surface area contributed by atoms with Gasteiger partial charge in [0.05, 0.1) is 5.56 Å². The van der Waals surface area contributed by atoms with Crippen LogP contribution in [0.25, 0.3) is 0 Å². The number of methoxy groups -OCH3 is 1. The minimum Gasteiger partial charge on any atom is -0.467 e. The molecule has 2 fully saturated rings. The van der Waals surface area contributed by atoms with E-state index in [2.05, 4.69) is 0 Å². The quantitative estimate of drug-likeness (QED) is 0.449. The zero-order chi connectivity index (χ0) is 22.5. The van der Waals surface area contributed by atoms with Crippen LogP contribution in [0.4, 0.5) is 9.18 Å². The maximum atomic E-state index is 14.6. The Kier molecular flexibility index (Phi) is 7.05. The molecule has 4 rings (SSSR count). The Labute approximate surface area is 187 Å². The number of carbonyl (C=O) groups is 2. The Bertz CT molecular complexity index is 937. The monoisotopic (exact) mass is 441 g/mol. The van der Waals surface area contributed by atoms with Gasteiger partial charge >= 0.3 is 6.09 Å². The van der Waals surface area contributed by atoms with Crippen molar-refractivity contribution in [1.29, 1.82) is 0 Å². The first-order chi connectivity index (χ1) is 15.6. The molecule has 7 heteroatoms. The Hall–Kier alpha value is -2.93. The molecule has 170 valence electrons. The molecule has 2 aliphatic rings. The van der Waals surface area contributed by atoms with Crippen molar-refractivity contribution in [3.63, 3.8) is 0 Å². The van der Waals surface area contributed by atoms with Crippen LogP contribution in [0.15, 0.2) is 48.5 Å². The van der Waals surface area contributed by atoms with E-state index in [0.717, 1.165) is 24.8 Å². The summed E-state index contributed by atoms with van der Waals surface area (Å²) >= 11 is 0. The summed E-state index contributed by atoms with van der Waals surface area (Å²) in [4.78, 5) is 27.8. The van der Waals surface area contributed by atoms with Gasteiger partial charge in [-0.15, -0.1) is 0 Å². The van der Waals surface area contributed by atoms with Gasteiger partial charge in [-0.1, -0.05) is 30.3 Å². The summed E-state index contributed by atoms with van der Waals surface area (Å²) in [5.41, 5.74) is 1.00. The fourth-order valence-electron chi connectivity index (χ4n) is 4.82. The van der Waals surface area contributed by atoms with Crippen molar-refractivity contribution in [2.45, 2.75) is 50.8 Å². The molecule has 0 spiro atoms. The van der Waals surface area contributed by atoms with Crippen molar-refractivity contribution in [1.82, 2.24) is 4.90 Å². The van der Waals surface area contributed by atoms with Gasteiger partial charge in [-0.3, -0.25) is 4.79 Å². The Balaban J connectivity index is 1.41. The lowest BCUT2D eigenvalue weighted by Crippen LogP contribution is -2.55. The van der Waals surface area contributed by atoms with Gasteiger partial charge in [0.1, 0.15) is 18.2 Å². The first-order valence-corrected chi connectivity index (χ1v) is 11.0. The average Bonchev–Trinajstić information content (AvgIpc) is 2.80. The van der Waals surface area contributed by atoms with Crippen LogP contribution in [-0.4, -0.2) is 42.8 Å². The molecule has 2 aromatic rings. The highest BCUT2D eigenvalue weighted by atomic mass is 19.1. The summed E-state index contributed by atoms with van der Waals surface area (Å²) in [5.74, 6) is -0.814. The van der Waals surface area contributed by atoms with Gasteiger partial charge in [-0.2, -0.15) is 0 Å². The third kappa shape index (κ3) is 4.93. The third-order valence-electron chi connectivity index (χ3n) is 6.31. The summed E-state index contributed by atoms with van der Waals surface area (Å²) in [6, 6.07) is 13.7. The van der Waals surface area contributed by atoms with Crippen LogP contribution in [0.2, 0.25) is 0 Å². The maximum absolute atomic E-state index is 14.6. The molecule has 2 heterocycles. The van der Waals surface area contributed by atoms with Gasteiger partial charge < -0.3 is 19.1 Å². The Morgan fingerprint density at radius 2 is 1.78 bits per heavy atom. The number of rotatable bonds is 7. The number of benzene rings is 2. The first kappa shape index (κ1) is 22.3. The molecule has 2 bridgehead atoms. The minimum atomic E-state index is -0.599. The standard InChI is InChI=1S/C25H28FNO5/c1-30-16-32-21-10-11-22(23(26)14-21)24(28)18-12-19-8-5-9-20(13-18)27(19)25(29)31-15-17-6-3-2-4-7-17/h2-4,6-7,10-11,14,18-20H,5,8-9,12-13,15-16H2,1H3. The summed E-state index contributed by atoms with van der Waals surface area (Å²) in [7, 11) is 1.48. The third-order valence-corrected chi connectivity index (χ3v) is 6.31. The van der Waals surface area contributed by atoms with Gasteiger partial charge in [0.25, 0.3) is 0 Å². The average molecular weight is 441 g/mol. The zero-order valence-electron chi connectivity index (χ0n) is 18.2. The van der Waals surface area contributed by atoms with Crippen LogP contribution < -0.4 is 4.74 Å². The number of piperidine rings is 2. The van der Waals surface area contributed by atoms with Crippen molar-refractivity contribution >= 4 is 11.9 Å². The van der Waals surface area contributed by atoms with Gasteiger partial charge in [-0.05, 0) is 49.8 Å². The molecule has 0 saturated carbocycles.